The van der Waals surface area contributed by atoms with Gasteiger partial charge in [0, 0.05) is 17.5 Å². The molecular weight excluding hydrogens is 308 g/mol. The number of fused-ring (bicyclic) bond motifs is 1. The van der Waals surface area contributed by atoms with Gasteiger partial charge in [0.1, 0.15) is 0 Å². The highest BCUT2D eigenvalue weighted by molar-refractivity contribution is 5.81. The van der Waals surface area contributed by atoms with E-state index >= 15 is 0 Å². The maximum absolute atomic E-state index is 11.9. The standard InChI is InChI=1S/C18H22N2O4/c1-17(2,3)15(21)23-12-9-7-11-8-10-13(20-14(11)19-12)24-16(22)18(4,5)6/h7-10H,1-6H3. The molecule has 0 radical (unpaired) electrons. The topological polar surface area (TPSA) is 78.4 Å². The lowest BCUT2D eigenvalue weighted by atomic mass is 9.97. The zero-order chi connectivity index (χ0) is 18.1. The minimum absolute atomic E-state index is 0.161. The first kappa shape index (κ1) is 17.8. The fraction of sp³-hybridized carbons (Fsp3) is 0.444. The highest BCUT2D eigenvalue weighted by Gasteiger charge is 2.25. The van der Waals surface area contributed by atoms with Gasteiger partial charge in [0.2, 0.25) is 11.8 Å². The molecule has 0 fully saturated rings. The van der Waals surface area contributed by atoms with E-state index in [-0.39, 0.29) is 23.7 Å². The van der Waals surface area contributed by atoms with Crippen LogP contribution < -0.4 is 9.47 Å². The van der Waals surface area contributed by atoms with Crippen LogP contribution in [-0.4, -0.2) is 21.9 Å². The van der Waals surface area contributed by atoms with Crippen molar-refractivity contribution < 1.29 is 19.1 Å². The number of rotatable bonds is 2. The van der Waals surface area contributed by atoms with E-state index in [1.165, 1.54) is 0 Å². The minimum Gasteiger partial charge on any atom is -0.407 e. The SMILES string of the molecule is CC(C)(C)C(=O)Oc1ccc2ccc(OC(=O)C(C)(C)C)nc2n1. The first-order valence-electron chi connectivity index (χ1n) is 7.69. The summed E-state index contributed by atoms with van der Waals surface area (Å²) in [7, 11) is 0. The first-order chi connectivity index (χ1) is 11.0. The summed E-state index contributed by atoms with van der Waals surface area (Å²) in [5.74, 6) is -0.447. The molecule has 0 bridgehead atoms. The molecule has 6 nitrogen and oxygen atoms in total. The van der Waals surface area contributed by atoms with Crippen LogP contribution in [0.15, 0.2) is 24.3 Å². The Morgan fingerprint density at radius 3 is 1.46 bits per heavy atom. The average molecular weight is 330 g/mol. The Bertz CT molecular complexity index is 723. The lowest BCUT2D eigenvalue weighted by Gasteiger charge is -2.16. The Labute approximate surface area is 141 Å². The van der Waals surface area contributed by atoms with Crippen molar-refractivity contribution in [1.82, 2.24) is 9.97 Å². The molecule has 0 amide bonds. The zero-order valence-electron chi connectivity index (χ0n) is 14.8. The molecule has 24 heavy (non-hydrogen) atoms. The molecule has 0 N–H and O–H groups in total. The molecule has 2 aromatic heterocycles. The summed E-state index contributed by atoms with van der Waals surface area (Å²) < 4.78 is 10.5. The van der Waals surface area contributed by atoms with Crippen LogP contribution in [0.2, 0.25) is 0 Å². The lowest BCUT2D eigenvalue weighted by molar-refractivity contribution is -0.144. The van der Waals surface area contributed by atoms with Gasteiger partial charge in [-0.15, -0.1) is 0 Å². The van der Waals surface area contributed by atoms with Gasteiger partial charge in [-0.05, 0) is 53.7 Å². The summed E-state index contributed by atoms with van der Waals surface area (Å²) in [6.07, 6.45) is 0. The number of carbonyl (C=O) groups is 2. The molecule has 2 aromatic rings. The second-order valence-electron chi connectivity index (χ2n) is 7.62. The van der Waals surface area contributed by atoms with Gasteiger partial charge < -0.3 is 9.47 Å². The number of carbonyl (C=O) groups excluding carboxylic acids is 2. The van der Waals surface area contributed by atoms with Crippen molar-refractivity contribution in [1.29, 1.82) is 0 Å². The molecule has 0 aliphatic rings. The molecule has 128 valence electrons. The number of hydrogen-bond acceptors (Lipinski definition) is 6. The van der Waals surface area contributed by atoms with E-state index < -0.39 is 10.8 Å². The molecule has 0 aliphatic heterocycles. The summed E-state index contributed by atoms with van der Waals surface area (Å²) in [6, 6.07) is 6.70. The van der Waals surface area contributed by atoms with Crippen LogP contribution in [0.5, 0.6) is 11.8 Å². The van der Waals surface area contributed by atoms with Gasteiger partial charge >= 0.3 is 11.9 Å². The molecule has 0 saturated carbocycles. The largest absolute Gasteiger partial charge is 0.407 e. The molecule has 0 spiro atoms. The number of hydrogen-bond donors (Lipinski definition) is 0. The molecule has 0 atom stereocenters. The van der Waals surface area contributed by atoms with Crippen LogP contribution in [0.4, 0.5) is 0 Å². The normalized spacial score (nSPS) is 12.1. The van der Waals surface area contributed by atoms with Gasteiger partial charge in [-0.2, -0.15) is 9.97 Å². The fourth-order valence-electron chi connectivity index (χ4n) is 1.57. The third kappa shape index (κ3) is 4.28. The van der Waals surface area contributed by atoms with Crippen molar-refractivity contribution in [3.05, 3.63) is 24.3 Å². The van der Waals surface area contributed by atoms with Gasteiger partial charge in [-0.1, -0.05) is 0 Å². The molecule has 6 heteroatoms. The van der Waals surface area contributed by atoms with Gasteiger partial charge in [-0.3, -0.25) is 9.59 Å². The predicted molar refractivity (Wildman–Crippen MR) is 89.7 cm³/mol. The van der Waals surface area contributed by atoms with E-state index in [1.807, 2.05) is 0 Å². The van der Waals surface area contributed by atoms with Crippen LogP contribution in [0.25, 0.3) is 11.0 Å². The van der Waals surface area contributed by atoms with Gasteiger partial charge in [0.15, 0.2) is 5.65 Å². The van der Waals surface area contributed by atoms with Crippen molar-refractivity contribution in [2.45, 2.75) is 41.5 Å². The van der Waals surface area contributed by atoms with Crippen molar-refractivity contribution in [2.24, 2.45) is 10.8 Å². The number of nitrogens with zero attached hydrogens (tertiary/aromatic N) is 2. The fourth-order valence-corrected chi connectivity index (χ4v) is 1.57. The van der Waals surface area contributed by atoms with Gasteiger partial charge in [0.25, 0.3) is 0 Å². The quantitative estimate of drug-likeness (QED) is 0.784. The maximum Gasteiger partial charge on any atom is 0.317 e. The molecule has 0 saturated heterocycles. The van der Waals surface area contributed by atoms with E-state index in [1.54, 1.807) is 65.8 Å². The number of esters is 2. The smallest absolute Gasteiger partial charge is 0.317 e. The second kappa shape index (κ2) is 6.19. The van der Waals surface area contributed by atoms with Gasteiger partial charge in [0.05, 0.1) is 10.8 Å². The van der Waals surface area contributed by atoms with Crippen molar-refractivity contribution >= 4 is 23.0 Å². The van der Waals surface area contributed by atoms with Crippen LogP contribution in [0, 0.1) is 10.8 Å². The summed E-state index contributed by atoms with van der Waals surface area (Å²) in [5, 5.41) is 0.751. The van der Waals surface area contributed by atoms with Crippen LogP contribution >= 0.6 is 0 Å². The highest BCUT2D eigenvalue weighted by Crippen LogP contribution is 2.23. The molecule has 0 aromatic carbocycles. The van der Waals surface area contributed by atoms with Crippen LogP contribution in [0.3, 0.4) is 0 Å². The first-order valence-corrected chi connectivity index (χ1v) is 7.69. The monoisotopic (exact) mass is 330 g/mol. The van der Waals surface area contributed by atoms with Crippen LogP contribution in [-0.2, 0) is 9.59 Å². The Morgan fingerprint density at radius 2 is 1.12 bits per heavy atom. The highest BCUT2D eigenvalue weighted by atomic mass is 16.5. The van der Waals surface area contributed by atoms with Crippen molar-refractivity contribution in [3.8, 4) is 11.8 Å². The molecule has 2 rings (SSSR count). The Hall–Kier alpha value is -2.50. The molecular formula is C18H22N2O4. The van der Waals surface area contributed by atoms with E-state index in [4.69, 9.17) is 9.47 Å². The summed E-state index contributed by atoms with van der Waals surface area (Å²) >= 11 is 0. The van der Waals surface area contributed by atoms with E-state index in [2.05, 4.69) is 9.97 Å². The van der Waals surface area contributed by atoms with Crippen molar-refractivity contribution in [2.75, 3.05) is 0 Å². The molecule has 2 heterocycles. The minimum atomic E-state index is -0.631. The van der Waals surface area contributed by atoms with Crippen molar-refractivity contribution in [3.63, 3.8) is 0 Å². The number of pyridine rings is 2. The summed E-state index contributed by atoms with van der Waals surface area (Å²) in [6.45, 7) is 10.6. The Balaban J connectivity index is 2.28. The molecule has 0 unspecified atom stereocenters. The zero-order valence-corrected chi connectivity index (χ0v) is 14.8. The molecule has 0 aliphatic carbocycles. The lowest BCUT2D eigenvalue weighted by Crippen LogP contribution is -2.26. The predicted octanol–water partition coefficient (Wildman–Crippen LogP) is 3.53. The number of aromatic nitrogens is 2. The van der Waals surface area contributed by atoms with Crippen LogP contribution in [0.1, 0.15) is 41.5 Å². The second-order valence-corrected chi connectivity index (χ2v) is 7.62. The van der Waals surface area contributed by atoms with E-state index in [0.717, 1.165) is 5.39 Å². The van der Waals surface area contributed by atoms with E-state index in [0.29, 0.717) is 5.65 Å². The average Bonchev–Trinajstić information content (AvgIpc) is 2.44. The Morgan fingerprint density at radius 1 is 0.750 bits per heavy atom. The van der Waals surface area contributed by atoms with Gasteiger partial charge in [-0.25, -0.2) is 0 Å². The third-order valence-corrected chi connectivity index (χ3v) is 3.12. The summed E-state index contributed by atoms with van der Waals surface area (Å²) in [4.78, 5) is 32.3. The Kier molecular flexibility index (Phi) is 4.60. The van der Waals surface area contributed by atoms with E-state index in [9.17, 15) is 9.59 Å². The summed E-state index contributed by atoms with van der Waals surface area (Å²) in [5.41, 5.74) is -0.920. The third-order valence-electron chi connectivity index (χ3n) is 3.12. The maximum atomic E-state index is 11.9. The number of ether oxygens (including phenoxy) is 2.